The van der Waals surface area contributed by atoms with Crippen LogP contribution in [0.25, 0.3) is 0 Å². The summed E-state index contributed by atoms with van der Waals surface area (Å²) in [6.07, 6.45) is 4.12. The normalized spacial score (nSPS) is 12.1. The number of carboxylic acid groups (broad SMARTS) is 1. The number of carbonyl (C=O) groups is 1. The quantitative estimate of drug-likeness (QED) is 0.898. The monoisotopic (exact) mass is 259 g/mol. The summed E-state index contributed by atoms with van der Waals surface area (Å²) in [5.74, 6) is -1.68. The van der Waals surface area contributed by atoms with Gasteiger partial charge in [0.15, 0.2) is 0 Å². The Morgan fingerprint density at radius 1 is 1.05 bits per heavy atom. The maximum absolute atomic E-state index is 12.8. The minimum atomic E-state index is -0.846. The fourth-order valence-corrected chi connectivity index (χ4v) is 1.96. The molecule has 0 fully saturated rings. The van der Waals surface area contributed by atoms with Gasteiger partial charge in [0.05, 0.1) is 5.92 Å². The van der Waals surface area contributed by atoms with E-state index in [4.69, 9.17) is 0 Å². The summed E-state index contributed by atoms with van der Waals surface area (Å²) in [4.78, 5) is 15.2. The van der Waals surface area contributed by atoms with Gasteiger partial charge >= 0.3 is 5.97 Å². The van der Waals surface area contributed by atoms with Gasteiger partial charge in [0.25, 0.3) is 0 Å². The molecular formula is C15H14FNO2. The highest BCUT2D eigenvalue weighted by atomic mass is 19.1. The lowest BCUT2D eigenvalue weighted by molar-refractivity contribution is -0.141. The lowest BCUT2D eigenvalue weighted by Gasteiger charge is -2.12. The van der Waals surface area contributed by atoms with Crippen molar-refractivity contribution in [2.45, 2.75) is 12.8 Å². The first-order valence-corrected chi connectivity index (χ1v) is 6.01. The Morgan fingerprint density at radius 2 is 1.58 bits per heavy atom. The SMILES string of the molecule is O=C(O)C(Cc1ccncc1)Cc1ccc(F)cc1. The number of benzene rings is 1. The molecule has 0 saturated carbocycles. The van der Waals surface area contributed by atoms with Gasteiger partial charge in [-0.25, -0.2) is 4.39 Å². The molecule has 4 heteroatoms. The molecule has 0 bridgehead atoms. The van der Waals surface area contributed by atoms with Crippen molar-refractivity contribution in [1.29, 1.82) is 0 Å². The van der Waals surface area contributed by atoms with E-state index >= 15 is 0 Å². The Kier molecular flexibility index (Phi) is 4.23. The zero-order chi connectivity index (χ0) is 13.7. The third kappa shape index (κ3) is 3.88. The molecule has 1 unspecified atom stereocenters. The summed E-state index contributed by atoms with van der Waals surface area (Å²) in [5.41, 5.74) is 1.76. The van der Waals surface area contributed by atoms with E-state index in [0.29, 0.717) is 12.8 Å². The van der Waals surface area contributed by atoms with E-state index < -0.39 is 11.9 Å². The third-order valence-electron chi connectivity index (χ3n) is 2.98. The van der Waals surface area contributed by atoms with E-state index in [0.717, 1.165) is 11.1 Å². The van der Waals surface area contributed by atoms with Crippen LogP contribution < -0.4 is 0 Å². The van der Waals surface area contributed by atoms with E-state index in [9.17, 15) is 14.3 Å². The number of hydrogen-bond acceptors (Lipinski definition) is 2. The molecule has 0 spiro atoms. The first-order valence-electron chi connectivity index (χ1n) is 6.01. The molecule has 1 N–H and O–H groups in total. The molecular weight excluding hydrogens is 245 g/mol. The van der Waals surface area contributed by atoms with Crippen molar-refractivity contribution in [2.24, 2.45) is 5.92 Å². The number of pyridine rings is 1. The van der Waals surface area contributed by atoms with Crippen LogP contribution in [0.4, 0.5) is 4.39 Å². The van der Waals surface area contributed by atoms with E-state index in [1.54, 1.807) is 36.7 Å². The van der Waals surface area contributed by atoms with Gasteiger partial charge in [-0.15, -0.1) is 0 Å². The number of aromatic nitrogens is 1. The summed E-state index contributed by atoms with van der Waals surface area (Å²) in [7, 11) is 0. The molecule has 0 aliphatic carbocycles. The molecule has 0 saturated heterocycles. The molecule has 1 aromatic carbocycles. The highest BCUT2D eigenvalue weighted by Gasteiger charge is 2.18. The van der Waals surface area contributed by atoms with Gasteiger partial charge < -0.3 is 5.11 Å². The van der Waals surface area contributed by atoms with Crippen molar-refractivity contribution in [3.05, 3.63) is 65.7 Å². The van der Waals surface area contributed by atoms with Crippen molar-refractivity contribution in [1.82, 2.24) is 4.98 Å². The number of rotatable bonds is 5. The smallest absolute Gasteiger partial charge is 0.307 e. The van der Waals surface area contributed by atoms with Crippen LogP contribution in [0.5, 0.6) is 0 Å². The number of carboxylic acids is 1. The van der Waals surface area contributed by atoms with E-state index in [1.165, 1.54) is 12.1 Å². The van der Waals surface area contributed by atoms with Gasteiger partial charge in [-0.2, -0.15) is 0 Å². The highest BCUT2D eigenvalue weighted by Crippen LogP contribution is 2.15. The standard InChI is InChI=1S/C15H14FNO2/c16-14-3-1-11(2-4-14)9-13(15(18)19)10-12-5-7-17-8-6-12/h1-8,13H,9-10H2,(H,18,19). The lowest BCUT2D eigenvalue weighted by atomic mass is 9.93. The largest absolute Gasteiger partial charge is 0.481 e. The third-order valence-corrected chi connectivity index (χ3v) is 2.98. The van der Waals surface area contributed by atoms with Crippen molar-refractivity contribution >= 4 is 5.97 Å². The van der Waals surface area contributed by atoms with Gasteiger partial charge in [0.1, 0.15) is 5.82 Å². The average molecular weight is 259 g/mol. The van der Waals surface area contributed by atoms with Crippen LogP contribution in [0.3, 0.4) is 0 Å². The van der Waals surface area contributed by atoms with Gasteiger partial charge in [-0.05, 0) is 48.2 Å². The molecule has 98 valence electrons. The molecule has 0 aliphatic rings. The zero-order valence-electron chi connectivity index (χ0n) is 10.3. The Labute approximate surface area is 110 Å². The molecule has 1 atom stereocenters. The molecule has 2 aromatic rings. The second-order valence-electron chi connectivity index (χ2n) is 4.43. The van der Waals surface area contributed by atoms with Crippen LogP contribution in [0.1, 0.15) is 11.1 Å². The Hall–Kier alpha value is -2.23. The second kappa shape index (κ2) is 6.09. The van der Waals surface area contributed by atoms with Crippen LogP contribution in [0.2, 0.25) is 0 Å². The minimum Gasteiger partial charge on any atom is -0.481 e. The second-order valence-corrected chi connectivity index (χ2v) is 4.43. The van der Waals surface area contributed by atoms with Crippen molar-refractivity contribution in [3.63, 3.8) is 0 Å². The summed E-state index contributed by atoms with van der Waals surface area (Å²) in [6, 6.07) is 9.55. The summed E-state index contributed by atoms with van der Waals surface area (Å²) in [5, 5.41) is 9.26. The van der Waals surface area contributed by atoms with Crippen LogP contribution in [0.15, 0.2) is 48.8 Å². The Balaban J connectivity index is 2.08. The molecule has 0 radical (unpaired) electrons. The number of halogens is 1. The molecule has 1 heterocycles. The topological polar surface area (TPSA) is 50.2 Å². The van der Waals surface area contributed by atoms with Crippen LogP contribution in [0, 0.1) is 11.7 Å². The fourth-order valence-electron chi connectivity index (χ4n) is 1.96. The summed E-state index contributed by atoms with van der Waals surface area (Å²) in [6.45, 7) is 0. The van der Waals surface area contributed by atoms with E-state index in [1.807, 2.05) is 0 Å². The number of nitrogens with zero attached hydrogens (tertiary/aromatic N) is 1. The summed E-state index contributed by atoms with van der Waals surface area (Å²) < 4.78 is 12.8. The molecule has 0 aliphatic heterocycles. The first kappa shape index (κ1) is 13.2. The molecule has 1 aromatic heterocycles. The maximum atomic E-state index is 12.8. The maximum Gasteiger partial charge on any atom is 0.307 e. The first-order chi connectivity index (χ1) is 9.15. The Morgan fingerprint density at radius 3 is 2.11 bits per heavy atom. The van der Waals surface area contributed by atoms with Crippen molar-refractivity contribution in [3.8, 4) is 0 Å². The van der Waals surface area contributed by atoms with Gasteiger partial charge in [0.2, 0.25) is 0 Å². The van der Waals surface area contributed by atoms with Crippen molar-refractivity contribution in [2.75, 3.05) is 0 Å². The predicted octanol–water partition coefficient (Wildman–Crippen LogP) is 2.71. The zero-order valence-corrected chi connectivity index (χ0v) is 10.3. The van der Waals surface area contributed by atoms with Gasteiger partial charge in [-0.3, -0.25) is 9.78 Å². The molecule has 3 nitrogen and oxygen atoms in total. The van der Waals surface area contributed by atoms with E-state index in [-0.39, 0.29) is 5.82 Å². The van der Waals surface area contributed by atoms with Gasteiger partial charge in [0, 0.05) is 12.4 Å². The highest BCUT2D eigenvalue weighted by molar-refractivity contribution is 5.70. The van der Waals surface area contributed by atoms with Crippen LogP contribution in [-0.4, -0.2) is 16.1 Å². The van der Waals surface area contributed by atoms with Crippen LogP contribution >= 0.6 is 0 Å². The van der Waals surface area contributed by atoms with Crippen LogP contribution in [-0.2, 0) is 17.6 Å². The van der Waals surface area contributed by atoms with E-state index in [2.05, 4.69) is 4.98 Å². The summed E-state index contributed by atoms with van der Waals surface area (Å²) >= 11 is 0. The van der Waals surface area contributed by atoms with Gasteiger partial charge in [-0.1, -0.05) is 12.1 Å². The average Bonchev–Trinajstić information content (AvgIpc) is 2.41. The Bertz CT molecular complexity index is 540. The minimum absolute atomic E-state index is 0.315. The molecule has 19 heavy (non-hydrogen) atoms. The number of aliphatic carboxylic acids is 1. The fraction of sp³-hybridized carbons (Fsp3) is 0.200. The van der Waals surface area contributed by atoms with Crippen molar-refractivity contribution < 1.29 is 14.3 Å². The molecule has 2 rings (SSSR count). The number of hydrogen-bond donors (Lipinski definition) is 1. The molecule has 0 amide bonds. The lowest BCUT2D eigenvalue weighted by Crippen LogP contribution is -2.19. The predicted molar refractivity (Wildman–Crippen MR) is 69.2 cm³/mol.